The molecule has 0 aliphatic heterocycles. The first-order chi connectivity index (χ1) is 8.08. The second-order valence-corrected chi connectivity index (χ2v) is 4.60. The van der Waals surface area contributed by atoms with Gasteiger partial charge in [0.2, 0.25) is 0 Å². The minimum atomic E-state index is -1.27. The lowest BCUT2D eigenvalue weighted by Crippen LogP contribution is -2.31. The van der Waals surface area contributed by atoms with Gasteiger partial charge in [0.25, 0.3) is 5.95 Å². The topological polar surface area (TPSA) is 24.9 Å². The first kappa shape index (κ1) is 12.2. The van der Waals surface area contributed by atoms with Gasteiger partial charge in [-0.1, -0.05) is 19.8 Å². The largest absolute Gasteiger partial charge is 0.365 e. The summed E-state index contributed by atoms with van der Waals surface area (Å²) in [5.41, 5.74) is 0. The molecule has 2 unspecified atom stereocenters. The predicted molar refractivity (Wildman–Crippen MR) is 59.2 cm³/mol. The lowest BCUT2D eigenvalue weighted by Gasteiger charge is -2.29. The highest BCUT2D eigenvalue weighted by Gasteiger charge is 2.23. The van der Waals surface area contributed by atoms with Crippen LogP contribution in [0.1, 0.15) is 32.6 Å². The van der Waals surface area contributed by atoms with E-state index in [1.165, 1.54) is 0 Å². The Hall–Kier alpha value is -1.26. The first-order valence-electron chi connectivity index (χ1n) is 5.86. The van der Waals surface area contributed by atoms with Crippen LogP contribution in [0.5, 0.6) is 0 Å². The summed E-state index contributed by atoms with van der Waals surface area (Å²) >= 11 is 0. The molecule has 1 saturated carbocycles. The van der Waals surface area contributed by atoms with Gasteiger partial charge in [0.15, 0.2) is 17.5 Å². The molecule has 2 rings (SSSR count). The minimum absolute atomic E-state index is 0.0793. The van der Waals surface area contributed by atoms with Crippen LogP contribution < -0.4 is 5.32 Å². The molecule has 1 aromatic rings. The van der Waals surface area contributed by atoms with Crippen molar-refractivity contribution in [2.24, 2.45) is 5.92 Å². The van der Waals surface area contributed by atoms with E-state index in [9.17, 15) is 13.2 Å². The Kier molecular flexibility index (Phi) is 3.54. The molecular formula is C12H15F3N2. The van der Waals surface area contributed by atoms with Gasteiger partial charge in [-0.15, -0.1) is 0 Å². The third-order valence-corrected chi connectivity index (χ3v) is 3.32. The summed E-state index contributed by atoms with van der Waals surface area (Å²) in [6.45, 7) is 2.06. The number of rotatable bonds is 2. The number of nitrogens with one attached hydrogen (secondary N) is 1. The van der Waals surface area contributed by atoms with E-state index in [-0.39, 0.29) is 11.9 Å². The van der Waals surface area contributed by atoms with E-state index in [1.54, 1.807) is 0 Å². The number of hydrogen-bond donors (Lipinski definition) is 1. The van der Waals surface area contributed by atoms with Gasteiger partial charge in [-0.2, -0.15) is 9.37 Å². The molecule has 2 atom stereocenters. The van der Waals surface area contributed by atoms with Crippen LogP contribution in [-0.2, 0) is 0 Å². The maximum Gasteiger partial charge on any atom is 0.251 e. The van der Waals surface area contributed by atoms with E-state index in [4.69, 9.17) is 0 Å². The van der Waals surface area contributed by atoms with Crippen LogP contribution in [0.4, 0.5) is 19.0 Å². The van der Waals surface area contributed by atoms with Gasteiger partial charge in [0.1, 0.15) is 0 Å². The number of nitrogens with zero attached hydrogens (tertiary/aromatic N) is 1. The van der Waals surface area contributed by atoms with Crippen molar-refractivity contribution in [2.45, 2.75) is 38.6 Å². The molecular weight excluding hydrogens is 229 g/mol. The third-order valence-electron chi connectivity index (χ3n) is 3.32. The summed E-state index contributed by atoms with van der Waals surface area (Å²) < 4.78 is 39.0. The molecule has 0 spiro atoms. The zero-order chi connectivity index (χ0) is 12.4. The van der Waals surface area contributed by atoms with Gasteiger partial charge in [-0.3, -0.25) is 0 Å². The van der Waals surface area contributed by atoms with Crippen molar-refractivity contribution in [3.8, 4) is 0 Å². The highest BCUT2D eigenvalue weighted by Crippen LogP contribution is 2.27. The molecule has 5 heteroatoms. The minimum Gasteiger partial charge on any atom is -0.365 e. The summed E-state index contributed by atoms with van der Waals surface area (Å²) in [7, 11) is 0. The average molecular weight is 244 g/mol. The normalized spacial score (nSPS) is 24.7. The predicted octanol–water partition coefficient (Wildman–Crippen LogP) is 3.49. The molecule has 1 aromatic heterocycles. The molecule has 2 nitrogen and oxygen atoms in total. The van der Waals surface area contributed by atoms with Gasteiger partial charge in [-0.25, -0.2) is 8.78 Å². The molecule has 1 aliphatic rings. The van der Waals surface area contributed by atoms with Crippen molar-refractivity contribution >= 4 is 5.82 Å². The van der Waals surface area contributed by atoms with Gasteiger partial charge in [0.05, 0.1) is 0 Å². The number of anilines is 1. The Morgan fingerprint density at radius 1 is 1.18 bits per heavy atom. The Balaban J connectivity index is 2.15. The highest BCUT2D eigenvalue weighted by molar-refractivity contribution is 5.37. The van der Waals surface area contributed by atoms with E-state index in [1.807, 2.05) is 0 Å². The summed E-state index contributed by atoms with van der Waals surface area (Å²) in [6, 6.07) is 0.605. The lowest BCUT2D eigenvalue weighted by molar-refractivity contribution is 0.347. The Morgan fingerprint density at radius 3 is 2.59 bits per heavy atom. The summed E-state index contributed by atoms with van der Waals surface area (Å²) in [5, 5.41) is 2.87. The maximum atomic E-state index is 13.4. The van der Waals surface area contributed by atoms with Gasteiger partial charge in [0, 0.05) is 12.1 Å². The molecule has 1 N–H and O–H groups in total. The molecule has 17 heavy (non-hydrogen) atoms. The average Bonchev–Trinajstić information content (AvgIpc) is 2.29. The van der Waals surface area contributed by atoms with Gasteiger partial charge < -0.3 is 5.32 Å². The molecule has 0 aromatic carbocycles. The van der Waals surface area contributed by atoms with Crippen LogP contribution in [0, 0.1) is 23.5 Å². The Morgan fingerprint density at radius 2 is 1.88 bits per heavy atom. The zero-order valence-electron chi connectivity index (χ0n) is 9.64. The highest BCUT2D eigenvalue weighted by atomic mass is 19.2. The maximum absolute atomic E-state index is 13.4. The molecule has 94 valence electrons. The van der Waals surface area contributed by atoms with Crippen molar-refractivity contribution in [3.05, 3.63) is 23.6 Å². The van der Waals surface area contributed by atoms with Crippen LogP contribution in [0.25, 0.3) is 0 Å². The smallest absolute Gasteiger partial charge is 0.251 e. The quantitative estimate of drug-likeness (QED) is 0.805. The Bertz CT molecular complexity index is 409. The fourth-order valence-corrected chi connectivity index (χ4v) is 2.25. The van der Waals surface area contributed by atoms with E-state index in [2.05, 4.69) is 17.2 Å². The lowest BCUT2D eigenvalue weighted by atomic mass is 9.86. The molecule has 1 aliphatic carbocycles. The summed E-state index contributed by atoms with van der Waals surface area (Å²) in [5.74, 6) is -3.18. The first-order valence-corrected chi connectivity index (χ1v) is 5.86. The van der Waals surface area contributed by atoms with Crippen LogP contribution in [-0.4, -0.2) is 11.0 Å². The second-order valence-electron chi connectivity index (χ2n) is 4.60. The van der Waals surface area contributed by atoms with E-state index in [0.717, 1.165) is 25.7 Å². The SMILES string of the molecule is CC1CCCCC1Nc1nc(F)c(F)cc1F. The van der Waals surface area contributed by atoms with Gasteiger partial charge in [-0.05, 0) is 18.8 Å². The van der Waals surface area contributed by atoms with E-state index < -0.39 is 17.6 Å². The standard InChI is InChI=1S/C12H15F3N2/c1-7-4-2-3-5-10(7)16-12-9(14)6-8(13)11(15)17-12/h6-7,10H,2-5H2,1H3,(H,16,17). The Labute approximate surface area is 98.2 Å². The van der Waals surface area contributed by atoms with Crippen LogP contribution in [0.3, 0.4) is 0 Å². The van der Waals surface area contributed by atoms with Crippen molar-refractivity contribution in [2.75, 3.05) is 5.32 Å². The molecule has 0 bridgehead atoms. The van der Waals surface area contributed by atoms with Crippen molar-refractivity contribution in [1.29, 1.82) is 0 Å². The number of halogens is 3. The van der Waals surface area contributed by atoms with E-state index in [0.29, 0.717) is 12.0 Å². The molecule has 1 fully saturated rings. The monoisotopic (exact) mass is 244 g/mol. The van der Waals surface area contributed by atoms with Crippen molar-refractivity contribution in [3.63, 3.8) is 0 Å². The summed E-state index contributed by atoms with van der Waals surface area (Å²) in [4.78, 5) is 3.27. The number of hydrogen-bond acceptors (Lipinski definition) is 2. The summed E-state index contributed by atoms with van der Waals surface area (Å²) in [6.07, 6.45) is 4.19. The zero-order valence-corrected chi connectivity index (χ0v) is 9.64. The second kappa shape index (κ2) is 4.94. The van der Waals surface area contributed by atoms with Crippen molar-refractivity contribution < 1.29 is 13.2 Å². The van der Waals surface area contributed by atoms with Crippen LogP contribution >= 0.6 is 0 Å². The third kappa shape index (κ3) is 2.70. The van der Waals surface area contributed by atoms with Crippen molar-refractivity contribution in [1.82, 2.24) is 4.98 Å². The number of aromatic nitrogens is 1. The molecule has 1 heterocycles. The molecule has 0 saturated heterocycles. The van der Waals surface area contributed by atoms with Crippen LogP contribution in [0.15, 0.2) is 6.07 Å². The molecule has 0 amide bonds. The van der Waals surface area contributed by atoms with E-state index >= 15 is 0 Å². The molecule has 0 radical (unpaired) electrons. The fourth-order valence-electron chi connectivity index (χ4n) is 2.25. The fraction of sp³-hybridized carbons (Fsp3) is 0.583. The van der Waals surface area contributed by atoms with Gasteiger partial charge >= 0.3 is 0 Å². The number of pyridine rings is 1. The van der Waals surface area contributed by atoms with Crippen LogP contribution in [0.2, 0.25) is 0 Å².